The predicted molar refractivity (Wildman–Crippen MR) is 222 cm³/mol. The van der Waals surface area contributed by atoms with Crippen molar-refractivity contribution in [2.45, 2.75) is 0 Å². The number of aromatic nitrogens is 5. The lowest BCUT2D eigenvalue weighted by molar-refractivity contribution is 1.07. The van der Waals surface area contributed by atoms with Crippen molar-refractivity contribution in [1.29, 1.82) is 0 Å². The molecule has 0 amide bonds. The van der Waals surface area contributed by atoms with Gasteiger partial charge in [0.25, 0.3) is 0 Å². The number of hydrogen-bond acceptors (Lipinski definition) is 3. The summed E-state index contributed by atoms with van der Waals surface area (Å²) in [7, 11) is 0. The quantitative estimate of drug-likeness (QED) is 0.181. The number of rotatable bonds is 5. The van der Waals surface area contributed by atoms with E-state index in [1.165, 1.54) is 21.5 Å². The minimum absolute atomic E-state index is 0.616. The van der Waals surface area contributed by atoms with E-state index in [0.29, 0.717) is 17.5 Å². The van der Waals surface area contributed by atoms with E-state index in [-0.39, 0.29) is 0 Å². The molecular weight excluding hydrogens is 659 g/mol. The minimum Gasteiger partial charge on any atom is -0.309 e. The molecule has 0 radical (unpaired) electrons. The number of fused-ring (bicyclic) bond motifs is 8. The molecule has 0 atom stereocenters. The topological polar surface area (TPSA) is 48.5 Å². The fourth-order valence-corrected chi connectivity index (χ4v) is 8.25. The van der Waals surface area contributed by atoms with Crippen molar-refractivity contribution in [2.24, 2.45) is 0 Å². The lowest BCUT2D eigenvalue weighted by Crippen LogP contribution is -2.03. The number of hydrogen-bond donors (Lipinski definition) is 0. The first-order valence-electron chi connectivity index (χ1n) is 18.2. The maximum Gasteiger partial charge on any atom is 0.166 e. The summed E-state index contributed by atoms with van der Waals surface area (Å²) in [6, 6.07) is 66.0. The summed E-state index contributed by atoms with van der Waals surface area (Å²) in [4.78, 5) is 15.8. The summed E-state index contributed by atoms with van der Waals surface area (Å²) in [5, 5.41) is 7.16. The molecule has 5 heteroatoms. The maximum atomic E-state index is 5.37. The van der Waals surface area contributed by atoms with E-state index in [9.17, 15) is 0 Å². The molecule has 0 aliphatic rings. The molecule has 54 heavy (non-hydrogen) atoms. The normalized spacial score (nSPS) is 11.7. The van der Waals surface area contributed by atoms with Crippen LogP contribution in [0.5, 0.6) is 0 Å². The predicted octanol–water partition coefficient (Wildman–Crippen LogP) is 12.2. The van der Waals surface area contributed by atoms with Gasteiger partial charge in [-0.2, -0.15) is 0 Å². The zero-order valence-electron chi connectivity index (χ0n) is 29.1. The van der Waals surface area contributed by atoms with Crippen molar-refractivity contribution in [3.05, 3.63) is 188 Å². The highest BCUT2D eigenvalue weighted by molar-refractivity contribution is 6.21. The lowest BCUT2D eigenvalue weighted by atomic mass is 10.0. The molecule has 0 spiro atoms. The van der Waals surface area contributed by atoms with Crippen LogP contribution in [0.2, 0.25) is 0 Å². The largest absolute Gasteiger partial charge is 0.309 e. The number of nitrogens with zero attached hydrogens (tertiary/aromatic N) is 5. The second-order valence-corrected chi connectivity index (χ2v) is 13.6. The number of benzene rings is 8. The summed E-state index contributed by atoms with van der Waals surface area (Å²) >= 11 is 0. The molecule has 11 aromatic rings. The van der Waals surface area contributed by atoms with Gasteiger partial charge in [0.15, 0.2) is 17.5 Å². The zero-order valence-corrected chi connectivity index (χ0v) is 29.1. The molecule has 8 aromatic carbocycles. The summed E-state index contributed by atoms with van der Waals surface area (Å²) in [6.07, 6.45) is 0. The highest BCUT2D eigenvalue weighted by atomic mass is 15.1. The third-order valence-electron chi connectivity index (χ3n) is 10.6. The number of para-hydroxylation sites is 4. The average molecular weight is 690 g/mol. The molecule has 0 bridgehead atoms. The van der Waals surface area contributed by atoms with E-state index in [1.807, 2.05) is 18.2 Å². The van der Waals surface area contributed by atoms with Gasteiger partial charge in [0.05, 0.1) is 27.8 Å². The second kappa shape index (κ2) is 12.1. The van der Waals surface area contributed by atoms with E-state index >= 15 is 0 Å². The van der Waals surface area contributed by atoms with Crippen LogP contribution in [0.4, 0.5) is 0 Å². The van der Waals surface area contributed by atoms with Crippen LogP contribution in [-0.2, 0) is 0 Å². The molecule has 252 valence electrons. The molecule has 0 saturated carbocycles. The smallest absolute Gasteiger partial charge is 0.166 e. The molecule has 11 rings (SSSR count). The van der Waals surface area contributed by atoms with Gasteiger partial charge in [-0.25, -0.2) is 15.0 Å². The Kier molecular flexibility index (Phi) is 6.79. The third-order valence-corrected chi connectivity index (χ3v) is 10.6. The standard InChI is InChI=1S/C49H31N5/c1-3-17-33(18-4-1)47-50-48(52-49(51-47)39-25-15-29-43-46(39)36-22-9-12-26-40(36)53(43)34-19-5-2-6-20-34)38-24-11-14-28-42(38)54-41-27-13-10-23-37(41)45-35-21-8-7-16-32(35)30-31-44(45)54/h1-31H. The SMILES string of the molecule is c1ccc(-c2nc(-c3ccccc3-n3c4ccccc4c4c5ccccc5ccc43)nc(-c3cccc4c3c3ccccc3n4-c3ccccc3)n2)cc1. The second-order valence-electron chi connectivity index (χ2n) is 13.6. The Morgan fingerprint density at radius 2 is 0.852 bits per heavy atom. The van der Waals surface area contributed by atoms with Gasteiger partial charge in [-0.05, 0) is 59.3 Å². The summed E-state index contributed by atoms with van der Waals surface area (Å²) < 4.78 is 4.70. The van der Waals surface area contributed by atoms with Crippen molar-refractivity contribution in [2.75, 3.05) is 0 Å². The minimum atomic E-state index is 0.616. The Hall–Kier alpha value is -7.37. The molecular formula is C49H31N5. The van der Waals surface area contributed by atoms with Crippen molar-refractivity contribution in [3.63, 3.8) is 0 Å². The van der Waals surface area contributed by atoms with E-state index in [0.717, 1.165) is 60.9 Å². The van der Waals surface area contributed by atoms with Gasteiger partial charge in [-0.1, -0.05) is 140 Å². The highest BCUT2D eigenvalue weighted by Gasteiger charge is 2.22. The van der Waals surface area contributed by atoms with Crippen LogP contribution in [0.15, 0.2) is 188 Å². The van der Waals surface area contributed by atoms with Crippen LogP contribution in [-0.4, -0.2) is 24.1 Å². The fraction of sp³-hybridized carbons (Fsp3) is 0. The first-order chi connectivity index (χ1) is 26.8. The van der Waals surface area contributed by atoms with Crippen LogP contribution in [0.3, 0.4) is 0 Å². The zero-order chi connectivity index (χ0) is 35.6. The molecule has 0 saturated heterocycles. The van der Waals surface area contributed by atoms with E-state index in [2.05, 4.69) is 179 Å². The van der Waals surface area contributed by atoms with Gasteiger partial charge in [-0.3, -0.25) is 0 Å². The van der Waals surface area contributed by atoms with Crippen LogP contribution >= 0.6 is 0 Å². The molecule has 0 unspecified atom stereocenters. The fourth-order valence-electron chi connectivity index (χ4n) is 8.25. The van der Waals surface area contributed by atoms with Gasteiger partial charge in [-0.15, -0.1) is 0 Å². The monoisotopic (exact) mass is 689 g/mol. The summed E-state index contributed by atoms with van der Waals surface area (Å²) in [6.45, 7) is 0. The molecule has 3 aromatic heterocycles. The Bertz CT molecular complexity index is 3210. The molecule has 0 aliphatic carbocycles. The average Bonchev–Trinajstić information content (AvgIpc) is 3.77. The Balaban J connectivity index is 1.20. The van der Waals surface area contributed by atoms with E-state index in [4.69, 9.17) is 15.0 Å². The van der Waals surface area contributed by atoms with Crippen molar-refractivity contribution >= 4 is 54.4 Å². The van der Waals surface area contributed by atoms with Crippen molar-refractivity contribution in [3.8, 4) is 45.5 Å². The van der Waals surface area contributed by atoms with Crippen molar-refractivity contribution < 1.29 is 0 Å². The lowest BCUT2D eigenvalue weighted by Gasteiger charge is -2.15. The van der Waals surface area contributed by atoms with Gasteiger partial charge in [0.1, 0.15) is 0 Å². The Labute approximate surface area is 311 Å². The van der Waals surface area contributed by atoms with Gasteiger partial charge >= 0.3 is 0 Å². The first kappa shape index (κ1) is 30.3. The Morgan fingerprint density at radius 1 is 0.315 bits per heavy atom. The summed E-state index contributed by atoms with van der Waals surface area (Å²) in [5.41, 5.74) is 9.43. The first-order valence-corrected chi connectivity index (χ1v) is 18.2. The van der Waals surface area contributed by atoms with Crippen LogP contribution < -0.4 is 0 Å². The van der Waals surface area contributed by atoms with Crippen LogP contribution in [0, 0.1) is 0 Å². The van der Waals surface area contributed by atoms with Gasteiger partial charge in [0, 0.05) is 43.9 Å². The maximum absolute atomic E-state index is 5.37. The van der Waals surface area contributed by atoms with Crippen LogP contribution in [0.25, 0.3) is 99.9 Å². The van der Waals surface area contributed by atoms with Gasteiger partial charge in [0.2, 0.25) is 0 Å². The molecule has 5 nitrogen and oxygen atoms in total. The van der Waals surface area contributed by atoms with E-state index < -0.39 is 0 Å². The van der Waals surface area contributed by atoms with Gasteiger partial charge < -0.3 is 9.13 Å². The molecule has 0 N–H and O–H groups in total. The summed E-state index contributed by atoms with van der Waals surface area (Å²) in [5.74, 6) is 1.87. The van der Waals surface area contributed by atoms with E-state index in [1.54, 1.807) is 0 Å². The Morgan fingerprint density at radius 3 is 1.65 bits per heavy atom. The molecule has 0 fully saturated rings. The van der Waals surface area contributed by atoms with Crippen LogP contribution in [0.1, 0.15) is 0 Å². The third kappa shape index (κ3) is 4.62. The molecule has 3 heterocycles. The highest BCUT2D eigenvalue weighted by Crippen LogP contribution is 2.41. The molecule has 0 aliphatic heterocycles. The van der Waals surface area contributed by atoms with Crippen molar-refractivity contribution in [1.82, 2.24) is 24.1 Å².